The molecule has 1 aromatic carbocycles. The predicted octanol–water partition coefficient (Wildman–Crippen LogP) is 2.26. The summed E-state index contributed by atoms with van der Waals surface area (Å²) in [6, 6.07) is 13.8. The number of hydrogen-bond acceptors (Lipinski definition) is 4. The summed E-state index contributed by atoms with van der Waals surface area (Å²) in [4.78, 5) is 18.8. The molecule has 0 radical (unpaired) electrons. The van der Waals surface area contributed by atoms with E-state index in [-0.39, 0.29) is 18.1 Å². The van der Waals surface area contributed by atoms with Crippen molar-refractivity contribution in [1.82, 2.24) is 10.3 Å². The number of anilines is 1. The Balaban J connectivity index is 1.69. The molecular formula is C20H25N3O2. The molecule has 2 aromatic rings. The number of aliphatic hydroxyl groups is 1. The zero-order chi connectivity index (χ0) is 17.8. The summed E-state index contributed by atoms with van der Waals surface area (Å²) in [5.41, 5.74) is 1.75. The SMILES string of the molecule is CN(C)c1ccc(C(=O)N[C@H](Cc2ccccc2)C2CC(O)C2)cn1. The van der Waals surface area contributed by atoms with Crippen LogP contribution in [0.25, 0.3) is 0 Å². The first-order valence-electron chi connectivity index (χ1n) is 8.69. The number of carbonyl (C=O) groups is 1. The third kappa shape index (κ3) is 4.37. The fraction of sp³-hybridized carbons (Fsp3) is 0.400. The molecule has 1 fully saturated rings. The number of benzene rings is 1. The summed E-state index contributed by atoms with van der Waals surface area (Å²) in [5, 5.41) is 12.8. The minimum Gasteiger partial charge on any atom is -0.393 e. The van der Waals surface area contributed by atoms with E-state index in [1.807, 2.05) is 43.3 Å². The van der Waals surface area contributed by atoms with Crippen LogP contribution in [-0.4, -0.2) is 42.2 Å². The van der Waals surface area contributed by atoms with Crippen molar-refractivity contribution in [2.75, 3.05) is 19.0 Å². The maximum absolute atomic E-state index is 12.6. The van der Waals surface area contributed by atoms with E-state index >= 15 is 0 Å². The summed E-state index contributed by atoms with van der Waals surface area (Å²) in [5.74, 6) is 1.02. The lowest BCUT2D eigenvalue weighted by Gasteiger charge is -2.38. The van der Waals surface area contributed by atoms with Crippen LogP contribution < -0.4 is 10.2 Å². The average molecular weight is 339 g/mol. The van der Waals surface area contributed by atoms with Gasteiger partial charge in [-0.05, 0) is 42.9 Å². The van der Waals surface area contributed by atoms with Gasteiger partial charge in [-0.2, -0.15) is 0 Å². The van der Waals surface area contributed by atoms with Gasteiger partial charge in [-0.15, -0.1) is 0 Å². The first kappa shape index (κ1) is 17.4. The van der Waals surface area contributed by atoms with Crippen molar-refractivity contribution in [2.45, 2.75) is 31.4 Å². The quantitative estimate of drug-likeness (QED) is 0.847. The zero-order valence-electron chi connectivity index (χ0n) is 14.7. The van der Waals surface area contributed by atoms with Crippen molar-refractivity contribution in [1.29, 1.82) is 0 Å². The molecule has 3 rings (SSSR count). The molecule has 1 aliphatic rings. The van der Waals surface area contributed by atoms with E-state index in [2.05, 4.69) is 22.4 Å². The van der Waals surface area contributed by atoms with Crippen LogP contribution in [0.4, 0.5) is 5.82 Å². The first-order valence-corrected chi connectivity index (χ1v) is 8.69. The average Bonchev–Trinajstić information content (AvgIpc) is 2.59. The highest BCUT2D eigenvalue weighted by Crippen LogP contribution is 2.32. The highest BCUT2D eigenvalue weighted by Gasteiger charge is 2.34. The lowest BCUT2D eigenvalue weighted by Crippen LogP contribution is -2.48. The molecule has 1 aromatic heterocycles. The Kier molecular flexibility index (Phi) is 5.34. The highest BCUT2D eigenvalue weighted by molar-refractivity contribution is 5.94. The third-order valence-electron chi connectivity index (χ3n) is 4.80. The minimum atomic E-state index is -0.235. The Hall–Kier alpha value is -2.40. The predicted molar refractivity (Wildman–Crippen MR) is 98.7 cm³/mol. The number of pyridine rings is 1. The van der Waals surface area contributed by atoms with Crippen molar-refractivity contribution in [2.24, 2.45) is 5.92 Å². The molecule has 0 unspecified atom stereocenters. The molecule has 2 N–H and O–H groups in total. The van der Waals surface area contributed by atoms with Crippen LogP contribution in [0, 0.1) is 5.92 Å². The van der Waals surface area contributed by atoms with Gasteiger partial charge >= 0.3 is 0 Å². The van der Waals surface area contributed by atoms with E-state index in [1.54, 1.807) is 12.3 Å². The van der Waals surface area contributed by atoms with Crippen molar-refractivity contribution in [3.05, 3.63) is 59.8 Å². The molecular weight excluding hydrogens is 314 g/mol. The number of hydrogen-bond donors (Lipinski definition) is 2. The van der Waals surface area contributed by atoms with E-state index in [9.17, 15) is 9.90 Å². The summed E-state index contributed by atoms with van der Waals surface area (Å²) >= 11 is 0. The zero-order valence-corrected chi connectivity index (χ0v) is 14.7. The van der Waals surface area contributed by atoms with E-state index in [1.165, 1.54) is 5.56 Å². The van der Waals surface area contributed by atoms with Gasteiger partial charge in [-0.3, -0.25) is 4.79 Å². The molecule has 5 heteroatoms. The number of aliphatic hydroxyl groups excluding tert-OH is 1. The lowest BCUT2D eigenvalue weighted by atomic mass is 9.75. The Morgan fingerprint density at radius 1 is 1.24 bits per heavy atom. The number of nitrogens with zero attached hydrogens (tertiary/aromatic N) is 2. The first-order chi connectivity index (χ1) is 12.0. The molecule has 0 aliphatic heterocycles. The van der Waals surface area contributed by atoms with Crippen LogP contribution in [0.2, 0.25) is 0 Å². The maximum Gasteiger partial charge on any atom is 0.253 e. The van der Waals surface area contributed by atoms with Crippen molar-refractivity contribution in [3.8, 4) is 0 Å². The Labute approximate surface area is 148 Å². The summed E-state index contributed by atoms with van der Waals surface area (Å²) < 4.78 is 0. The van der Waals surface area contributed by atoms with Gasteiger partial charge in [0.05, 0.1) is 11.7 Å². The molecule has 25 heavy (non-hydrogen) atoms. The largest absolute Gasteiger partial charge is 0.393 e. The molecule has 0 saturated heterocycles. The second-order valence-electron chi connectivity index (χ2n) is 6.95. The molecule has 1 heterocycles. The lowest BCUT2D eigenvalue weighted by molar-refractivity contribution is 0.0239. The summed E-state index contributed by atoms with van der Waals surface area (Å²) in [6.45, 7) is 0. The van der Waals surface area contributed by atoms with Gasteiger partial charge in [0.25, 0.3) is 5.91 Å². The van der Waals surface area contributed by atoms with Gasteiger partial charge in [0.2, 0.25) is 0 Å². The van der Waals surface area contributed by atoms with Crippen molar-refractivity contribution in [3.63, 3.8) is 0 Å². The fourth-order valence-electron chi connectivity index (χ4n) is 3.20. The van der Waals surface area contributed by atoms with Gasteiger partial charge in [0.15, 0.2) is 0 Å². The van der Waals surface area contributed by atoms with E-state index in [0.29, 0.717) is 11.5 Å². The van der Waals surface area contributed by atoms with Crippen LogP contribution in [0.3, 0.4) is 0 Å². The number of nitrogens with one attached hydrogen (secondary N) is 1. The number of carbonyl (C=O) groups excluding carboxylic acids is 1. The normalized spacial score (nSPS) is 20.4. The molecule has 0 spiro atoms. The van der Waals surface area contributed by atoms with Crippen LogP contribution in [0.5, 0.6) is 0 Å². The van der Waals surface area contributed by atoms with Crippen molar-refractivity contribution >= 4 is 11.7 Å². The van der Waals surface area contributed by atoms with Gasteiger partial charge in [-0.1, -0.05) is 30.3 Å². The molecule has 1 atom stereocenters. The minimum absolute atomic E-state index is 0.0202. The summed E-state index contributed by atoms with van der Waals surface area (Å²) in [6.07, 6.45) is 3.64. The van der Waals surface area contributed by atoms with Gasteiger partial charge in [0, 0.05) is 26.3 Å². The van der Waals surface area contributed by atoms with Crippen LogP contribution in [-0.2, 0) is 6.42 Å². The Bertz CT molecular complexity index is 695. The molecule has 1 saturated carbocycles. The van der Waals surface area contributed by atoms with Crippen LogP contribution in [0.15, 0.2) is 48.7 Å². The number of rotatable bonds is 6. The van der Waals surface area contributed by atoms with Gasteiger partial charge < -0.3 is 15.3 Å². The number of amides is 1. The molecule has 5 nitrogen and oxygen atoms in total. The number of aromatic nitrogens is 1. The molecule has 132 valence electrons. The topological polar surface area (TPSA) is 65.5 Å². The fourth-order valence-corrected chi connectivity index (χ4v) is 3.20. The van der Waals surface area contributed by atoms with E-state index < -0.39 is 0 Å². The molecule has 1 aliphatic carbocycles. The van der Waals surface area contributed by atoms with Crippen molar-refractivity contribution < 1.29 is 9.90 Å². The molecule has 1 amide bonds. The van der Waals surface area contributed by atoms with Crippen LogP contribution in [0.1, 0.15) is 28.8 Å². The maximum atomic E-state index is 12.6. The van der Waals surface area contributed by atoms with Gasteiger partial charge in [-0.25, -0.2) is 4.98 Å². The second-order valence-corrected chi connectivity index (χ2v) is 6.95. The Morgan fingerprint density at radius 3 is 2.52 bits per heavy atom. The third-order valence-corrected chi connectivity index (χ3v) is 4.80. The standard InChI is InChI=1S/C20H25N3O2/c1-23(2)19-9-8-15(13-21-19)20(25)22-18(16-11-17(24)12-16)10-14-6-4-3-5-7-14/h3-9,13,16-18,24H,10-12H2,1-2H3,(H,22,25)/t16?,17?,18-/m1/s1. The second kappa shape index (κ2) is 7.66. The smallest absolute Gasteiger partial charge is 0.253 e. The summed E-state index contributed by atoms with van der Waals surface area (Å²) in [7, 11) is 3.83. The van der Waals surface area contributed by atoms with E-state index in [0.717, 1.165) is 25.1 Å². The highest BCUT2D eigenvalue weighted by atomic mass is 16.3. The molecule has 0 bridgehead atoms. The van der Waals surface area contributed by atoms with Crippen LogP contribution >= 0.6 is 0 Å². The van der Waals surface area contributed by atoms with Gasteiger partial charge in [0.1, 0.15) is 5.82 Å². The van der Waals surface area contributed by atoms with E-state index in [4.69, 9.17) is 0 Å². The monoisotopic (exact) mass is 339 g/mol. The Morgan fingerprint density at radius 2 is 1.96 bits per heavy atom.